The van der Waals surface area contributed by atoms with Crippen LogP contribution in [0.2, 0.25) is 0 Å². The fourth-order valence-electron chi connectivity index (χ4n) is 1.04. The number of carboxylic acid groups (broad SMARTS) is 1. The Morgan fingerprint density at radius 3 is 1.92 bits per heavy atom. The van der Waals surface area contributed by atoms with Gasteiger partial charge in [0.15, 0.2) is 0 Å². The molecule has 2 N–H and O–H groups in total. The normalized spacial score (nSPS) is 12.1. The second-order valence-electron chi connectivity index (χ2n) is 3.28. The van der Waals surface area contributed by atoms with Gasteiger partial charge in [-0.1, -0.05) is 0 Å². The van der Waals surface area contributed by atoms with Crippen molar-refractivity contribution in [2.24, 2.45) is 0 Å². The minimum Gasteiger partial charge on any atom is -0.548 e. The van der Waals surface area contributed by atoms with Gasteiger partial charge in [0.05, 0.1) is 24.7 Å². The molecule has 0 aromatic carbocycles. The predicted molar refractivity (Wildman–Crippen MR) is 44.8 cm³/mol. The quantitative estimate of drug-likeness (QED) is 0.496. The van der Waals surface area contributed by atoms with Gasteiger partial charge in [-0.3, -0.25) is 4.90 Å². The number of hydrogen-bond donors (Lipinski definition) is 2. The molecule has 0 unspecified atom stereocenters. The number of β-amino-alcohol motifs (C(OH)–C–C–N with tert-alkyl or cyclic N) is 2. The third-order valence-corrected chi connectivity index (χ3v) is 2.03. The van der Waals surface area contributed by atoms with Crippen molar-refractivity contribution in [2.75, 3.05) is 26.3 Å². The number of nitrogens with zero attached hydrogens (tertiary/aromatic N) is 1. The molecule has 0 atom stereocenters. The summed E-state index contributed by atoms with van der Waals surface area (Å²) in [5, 5.41) is 28.0. The van der Waals surface area contributed by atoms with Crippen LogP contribution in [0.25, 0.3) is 0 Å². The molecule has 5 heteroatoms. The second-order valence-corrected chi connectivity index (χ2v) is 3.28. The van der Waals surface area contributed by atoms with Crippen molar-refractivity contribution in [3.05, 3.63) is 0 Å². The molecular formula is C8H16NO4-. The Kier molecular flexibility index (Phi) is 4.90. The van der Waals surface area contributed by atoms with E-state index < -0.39 is 11.5 Å². The lowest BCUT2D eigenvalue weighted by Crippen LogP contribution is -2.57. The van der Waals surface area contributed by atoms with Crippen molar-refractivity contribution < 1.29 is 20.1 Å². The summed E-state index contributed by atoms with van der Waals surface area (Å²) in [4.78, 5) is 12.2. The van der Waals surface area contributed by atoms with Crippen LogP contribution in [-0.2, 0) is 4.79 Å². The van der Waals surface area contributed by atoms with Crippen LogP contribution in [0.3, 0.4) is 0 Å². The molecule has 0 radical (unpaired) electrons. The SMILES string of the molecule is CC(C)(C(=O)[O-])N(CCO)CCO. The van der Waals surface area contributed by atoms with E-state index in [2.05, 4.69) is 0 Å². The molecule has 0 amide bonds. The van der Waals surface area contributed by atoms with Gasteiger partial charge in [0.25, 0.3) is 0 Å². The highest BCUT2D eigenvalue weighted by Gasteiger charge is 2.26. The molecule has 0 aromatic rings. The highest BCUT2D eigenvalue weighted by Crippen LogP contribution is 2.12. The number of aliphatic carboxylic acids is 1. The fourth-order valence-corrected chi connectivity index (χ4v) is 1.04. The van der Waals surface area contributed by atoms with Gasteiger partial charge in [-0.05, 0) is 13.8 Å². The van der Waals surface area contributed by atoms with Gasteiger partial charge in [-0.2, -0.15) is 0 Å². The molecule has 0 rings (SSSR count). The molecule has 13 heavy (non-hydrogen) atoms. The molecule has 0 aliphatic carbocycles. The molecular weight excluding hydrogens is 174 g/mol. The van der Waals surface area contributed by atoms with Crippen LogP contribution in [-0.4, -0.2) is 52.9 Å². The van der Waals surface area contributed by atoms with E-state index >= 15 is 0 Å². The lowest BCUT2D eigenvalue weighted by molar-refractivity contribution is -0.318. The molecule has 0 bridgehead atoms. The van der Waals surface area contributed by atoms with E-state index in [1.807, 2.05) is 0 Å². The first-order valence-electron chi connectivity index (χ1n) is 4.15. The predicted octanol–water partition coefficient (Wildman–Crippen LogP) is -2.20. The zero-order chi connectivity index (χ0) is 10.5. The van der Waals surface area contributed by atoms with E-state index in [0.29, 0.717) is 0 Å². The maximum absolute atomic E-state index is 10.7. The summed E-state index contributed by atoms with van der Waals surface area (Å²) in [7, 11) is 0. The van der Waals surface area contributed by atoms with Gasteiger partial charge in [0, 0.05) is 13.1 Å². The van der Waals surface area contributed by atoms with Crippen LogP contribution < -0.4 is 5.11 Å². The maximum Gasteiger partial charge on any atom is 0.0612 e. The first-order valence-corrected chi connectivity index (χ1v) is 4.15. The van der Waals surface area contributed by atoms with E-state index in [1.165, 1.54) is 18.7 Å². The Morgan fingerprint density at radius 2 is 1.69 bits per heavy atom. The fraction of sp³-hybridized carbons (Fsp3) is 0.875. The summed E-state index contributed by atoms with van der Waals surface area (Å²) >= 11 is 0. The third-order valence-electron chi connectivity index (χ3n) is 2.03. The Labute approximate surface area is 77.6 Å². The number of rotatable bonds is 6. The van der Waals surface area contributed by atoms with Gasteiger partial charge in [-0.25, -0.2) is 0 Å². The molecule has 78 valence electrons. The number of aliphatic hydroxyl groups excluding tert-OH is 2. The summed E-state index contributed by atoms with van der Waals surface area (Å²) in [6.45, 7) is 3.10. The summed E-state index contributed by atoms with van der Waals surface area (Å²) in [5.74, 6) is -1.21. The number of aliphatic hydroxyl groups is 2. The van der Waals surface area contributed by atoms with E-state index in [0.717, 1.165) is 0 Å². The highest BCUT2D eigenvalue weighted by molar-refractivity contribution is 5.75. The lowest BCUT2D eigenvalue weighted by Gasteiger charge is -2.38. The Balaban J connectivity index is 4.41. The molecule has 0 fully saturated rings. The van der Waals surface area contributed by atoms with E-state index in [4.69, 9.17) is 10.2 Å². The highest BCUT2D eigenvalue weighted by atomic mass is 16.4. The first kappa shape index (κ1) is 12.3. The summed E-state index contributed by atoms with van der Waals surface area (Å²) < 4.78 is 0. The standard InChI is InChI=1S/C8H17NO4/c1-8(2,7(12)13)9(3-5-10)4-6-11/h10-11H,3-6H2,1-2H3,(H,12,13)/p-1. The maximum atomic E-state index is 10.7. The Morgan fingerprint density at radius 1 is 1.31 bits per heavy atom. The monoisotopic (exact) mass is 190 g/mol. The molecule has 0 aliphatic rings. The number of carbonyl (C=O) groups is 1. The van der Waals surface area contributed by atoms with Crippen LogP contribution in [0.1, 0.15) is 13.8 Å². The van der Waals surface area contributed by atoms with Gasteiger partial charge in [0.1, 0.15) is 0 Å². The van der Waals surface area contributed by atoms with Crippen molar-refractivity contribution in [1.29, 1.82) is 0 Å². The van der Waals surface area contributed by atoms with Crippen LogP contribution >= 0.6 is 0 Å². The molecule has 0 saturated heterocycles. The van der Waals surface area contributed by atoms with Crippen molar-refractivity contribution in [2.45, 2.75) is 19.4 Å². The Bertz CT molecular complexity index is 164. The lowest BCUT2D eigenvalue weighted by atomic mass is 10.0. The average molecular weight is 190 g/mol. The average Bonchev–Trinajstić information content (AvgIpc) is 2.03. The topological polar surface area (TPSA) is 83.8 Å². The molecule has 0 saturated carbocycles. The van der Waals surface area contributed by atoms with Gasteiger partial charge < -0.3 is 20.1 Å². The second kappa shape index (κ2) is 5.16. The third kappa shape index (κ3) is 3.30. The Hall–Kier alpha value is -0.650. The summed E-state index contributed by atoms with van der Waals surface area (Å²) in [5.41, 5.74) is -1.16. The minimum absolute atomic E-state index is 0.142. The number of carboxylic acids is 1. The molecule has 0 aliphatic heterocycles. The van der Waals surface area contributed by atoms with E-state index in [9.17, 15) is 9.90 Å². The first-order chi connectivity index (χ1) is 5.96. The van der Waals surface area contributed by atoms with Gasteiger partial charge in [-0.15, -0.1) is 0 Å². The molecule has 0 aromatic heterocycles. The molecule has 5 nitrogen and oxygen atoms in total. The van der Waals surface area contributed by atoms with Crippen LogP contribution in [0.15, 0.2) is 0 Å². The largest absolute Gasteiger partial charge is 0.548 e. The van der Waals surface area contributed by atoms with Crippen LogP contribution in [0, 0.1) is 0 Å². The zero-order valence-corrected chi connectivity index (χ0v) is 7.99. The van der Waals surface area contributed by atoms with Gasteiger partial charge in [0.2, 0.25) is 0 Å². The van der Waals surface area contributed by atoms with Crippen molar-refractivity contribution in [3.8, 4) is 0 Å². The minimum atomic E-state index is -1.21. The van der Waals surface area contributed by atoms with Gasteiger partial charge >= 0.3 is 0 Å². The summed E-state index contributed by atoms with van der Waals surface area (Å²) in [6, 6.07) is 0. The van der Waals surface area contributed by atoms with Crippen LogP contribution in [0.4, 0.5) is 0 Å². The van der Waals surface area contributed by atoms with E-state index in [1.54, 1.807) is 0 Å². The summed E-state index contributed by atoms with van der Waals surface area (Å²) in [6.07, 6.45) is 0. The van der Waals surface area contributed by atoms with Crippen molar-refractivity contribution >= 4 is 5.97 Å². The smallest absolute Gasteiger partial charge is 0.0612 e. The van der Waals surface area contributed by atoms with E-state index in [-0.39, 0.29) is 26.3 Å². The van der Waals surface area contributed by atoms with Crippen molar-refractivity contribution in [3.63, 3.8) is 0 Å². The van der Waals surface area contributed by atoms with Crippen molar-refractivity contribution in [1.82, 2.24) is 4.90 Å². The molecule has 0 heterocycles. The zero-order valence-electron chi connectivity index (χ0n) is 7.99. The van der Waals surface area contributed by atoms with Crippen LogP contribution in [0.5, 0.6) is 0 Å². The number of carbonyl (C=O) groups excluding carboxylic acids is 1. The number of hydrogen-bond acceptors (Lipinski definition) is 5. The molecule has 0 spiro atoms.